The molecule has 2 fully saturated rings. The smallest absolute Gasteiger partial charge is 0.256 e. The fraction of sp³-hybridized carbons (Fsp3) is 0.435. The maximum absolute atomic E-state index is 14.8. The molecular weight excluding hydrogens is 421 g/mol. The van der Waals surface area contributed by atoms with E-state index < -0.39 is 30.4 Å². The van der Waals surface area contributed by atoms with Gasteiger partial charge in [0.25, 0.3) is 12.0 Å². The number of nitrogens with zero attached hydrogens (tertiary/aromatic N) is 2. The zero-order valence-corrected chi connectivity index (χ0v) is 17.2. The summed E-state index contributed by atoms with van der Waals surface area (Å²) in [5.41, 5.74) is 0.521. The Morgan fingerprint density at radius 3 is 2.66 bits per heavy atom. The van der Waals surface area contributed by atoms with Crippen LogP contribution in [0.4, 0.5) is 13.2 Å². The molecule has 9 heteroatoms. The lowest BCUT2D eigenvalue weighted by atomic mass is 9.98. The number of pyridine rings is 1. The number of piperidine rings is 1. The second-order valence-electron chi connectivity index (χ2n) is 8.41. The largest absolute Gasteiger partial charge is 0.339 e. The first kappa shape index (κ1) is 22.1. The Bertz CT molecular complexity index is 1110. The molecule has 4 unspecified atom stereocenters. The van der Waals surface area contributed by atoms with Crippen LogP contribution >= 0.6 is 0 Å². The molecule has 1 saturated carbocycles. The van der Waals surface area contributed by atoms with E-state index >= 15 is 0 Å². The number of halogens is 3. The number of nitriles is 1. The van der Waals surface area contributed by atoms with E-state index in [4.69, 9.17) is 0 Å². The Morgan fingerprint density at radius 1 is 1.25 bits per heavy atom. The topological polar surface area (TPSA) is 86.9 Å². The molecule has 1 aliphatic heterocycles. The average Bonchev–Trinajstić information content (AvgIpc) is 3.39. The average molecular weight is 444 g/mol. The Balaban J connectivity index is 1.45. The Kier molecular flexibility index (Phi) is 6.33. The number of hydrogen-bond acceptors (Lipinski definition) is 4. The van der Waals surface area contributed by atoms with Crippen LogP contribution < -0.4 is 16.2 Å². The molecule has 4 atom stereocenters. The van der Waals surface area contributed by atoms with Gasteiger partial charge in [0.05, 0.1) is 18.7 Å². The van der Waals surface area contributed by atoms with Crippen LogP contribution in [0.3, 0.4) is 0 Å². The summed E-state index contributed by atoms with van der Waals surface area (Å²) in [6.45, 7) is -0.742. The van der Waals surface area contributed by atoms with Crippen molar-refractivity contribution in [2.75, 3.05) is 0 Å². The summed E-state index contributed by atoms with van der Waals surface area (Å²) in [4.78, 5) is 24.3. The SMILES string of the molecule is N#CC(Cc1ccc(-c2ccc(=O)n(CC(F)F)c2)cc1F)NC(=O)C1NC2CCC1C2. The van der Waals surface area contributed by atoms with Gasteiger partial charge >= 0.3 is 0 Å². The first-order chi connectivity index (χ1) is 15.3. The van der Waals surface area contributed by atoms with Crippen LogP contribution in [0.25, 0.3) is 11.1 Å². The van der Waals surface area contributed by atoms with Crippen molar-refractivity contribution < 1.29 is 18.0 Å². The van der Waals surface area contributed by atoms with Crippen LogP contribution in [0, 0.1) is 23.1 Å². The number of nitrogens with one attached hydrogen (secondary N) is 2. The third-order valence-corrected chi connectivity index (χ3v) is 6.24. The van der Waals surface area contributed by atoms with Crippen molar-refractivity contribution in [2.45, 2.75) is 56.8 Å². The predicted molar refractivity (Wildman–Crippen MR) is 111 cm³/mol. The molecule has 0 radical (unpaired) electrons. The normalized spacial score (nSPS) is 22.7. The molecule has 6 nitrogen and oxygen atoms in total. The van der Waals surface area contributed by atoms with E-state index in [0.29, 0.717) is 17.2 Å². The molecule has 1 aromatic carbocycles. The minimum atomic E-state index is -2.69. The highest BCUT2D eigenvalue weighted by Crippen LogP contribution is 2.35. The van der Waals surface area contributed by atoms with Gasteiger partial charge in [-0.25, -0.2) is 13.2 Å². The van der Waals surface area contributed by atoms with Crippen LogP contribution in [-0.2, 0) is 17.8 Å². The van der Waals surface area contributed by atoms with E-state index in [1.807, 2.05) is 6.07 Å². The zero-order chi connectivity index (χ0) is 22.8. The molecular formula is C23H23F3N4O2. The van der Waals surface area contributed by atoms with Crippen molar-refractivity contribution in [1.82, 2.24) is 15.2 Å². The van der Waals surface area contributed by atoms with Crippen LogP contribution in [0.5, 0.6) is 0 Å². The first-order valence-electron chi connectivity index (χ1n) is 10.6. The Labute approximate surface area is 183 Å². The zero-order valence-electron chi connectivity index (χ0n) is 17.2. The molecule has 2 N–H and O–H groups in total. The summed E-state index contributed by atoms with van der Waals surface area (Å²) in [5.74, 6) is -0.535. The quantitative estimate of drug-likeness (QED) is 0.688. The highest BCUT2D eigenvalue weighted by Gasteiger charge is 2.43. The van der Waals surface area contributed by atoms with Gasteiger partial charge in [0.15, 0.2) is 0 Å². The third-order valence-electron chi connectivity index (χ3n) is 6.24. The fourth-order valence-electron chi connectivity index (χ4n) is 4.65. The van der Waals surface area contributed by atoms with Crippen molar-refractivity contribution in [3.63, 3.8) is 0 Å². The predicted octanol–water partition coefficient (Wildman–Crippen LogP) is 2.61. The molecule has 1 aliphatic carbocycles. The highest BCUT2D eigenvalue weighted by atomic mass is 19.3. The van der Waals surface area contributed by atoms with Gasteiger partial charge in [-0.2, -0.15) is 5.26 Å². The molecule has 168 valence electrons. The van der Waals surface area contributed by atoms with E-state index in [1.54, 1.807) is 6.07 Å². The van der Waals surface area contributed by atoms with Gasteiger partial charge in [-0.15, -0.1) is 0 Å². The fourth-order valence-corrected chi connectivity index (χ4v) is 4.65. The summed E-state index contributed by atoms with van der Waals surface area (Å²) >= 11 is 0. The molecule has 1 saturated heterocycles. The van der Waals surface area contributed by atoms with Gasteiger partial charge < -0.3 is 15.2 Å². The molecule has 32 heavy (non-hydrogen) atoms. The van der Waals surface area contributed by atoms with Crippen molar-refractivity contribution >= 4 is 5.91 Å². The second-order valence-corrected chi connectivity index (χ2v) is 8.41. The Hall–Kier alpha value is -3.12. The number of rotatable bonds is 7. The van der Waals surface area contributed by atoms with E-state index in [1.165, 1.54) is 24.4 Å². The lowest BCUT2D eigenvalue weighted by molar-refractivity contribution is -0.124. The van der Waals surface area contributed by atoms with Gasteiger partial charge in [-0.1, -0.05) is 12.1 Å². The van der Waals surface area contributed by atoms with Gasteiger partial charge in [-0.3, -0.25) is 9.59 Å². The number of aromatic nitrogens is 1. The van der Waals surface area contributed by atoms with Crippen LogP contribution in [-0.4, -0.2) is 35.0 Å². The maximum atomic E-state index is 14.8. The van der Waals surface area contributed by atoms with Crippen molar-refractivity contribution in [2.24, 2.45) is 5.92 Å². The maximum Gasteiger partial charge on any atom is 0.256 e. The van der Waals surface area contributed by atoms with Gasteiger partial charge in [0.2, 0.25) is 5.91 Å². The molecule has 2 aliphatic rings. The van der Waals surface area contributed by atoms with Crippen LogP contribution in [0.2, 0.25) is 0 Å². The van der Waals surface area contributed by atoms with E-state index in [-0.39, 0.29) is 29.9 Å². The molecule has 2 bridgehead atoms. The number of carbonyl (C=O) groups is 1. The number of amides is 1. The summed E-state index contributed by atoms with van der Waals surface area (Å²) < 4.78 is 41.0. The number of alkyl halides is 2. The molecule has 0 spiro atoms. The van der Waals surface area contributed by atoms with Gasteiger partial charge in [0, 0.05) is 24.7 Å². The number of benzene rings is 1. The van der Waals surface area contributed by atoms with Crippen molar-refractivity contribution in [3.8, 4) is 17.2 Å². The highest BCUT2D eigenvalue weighted by molar-refractivity contribution is 5.83. The molecule has 2 aromatic rings. The second kappa shape index (κ2) is 9.17. The number of hydrogen-bond donors (Lipinski definition) is 2. The van der Waals surface area contributed by atoms with Gasteiger partial charge in [0.1, 0.15) is 11.9 Å². The van der Waals surface area contributed by atoms with Crippen LogP contribution in [0.1, 0.15) is 24.8 Å². The molecule has 2 heterocycles. The van der Waals surface area contributed by atoms with E-state index in [9.17, 15) is 28.0 Å². The lowest BCUT2D eigenvalue weighted by Crippen LogP contribution is -2.50. The lowest BCUT2D eigenvalue weighted by Gasteiger charge is -2.23. The first-order valence-corrected chi connectivity index (χ1v) is 10.6. The molecule has 1 aromatic heterocycles. The minimum absolute atomic E-state index is 0.0000485. The van der Waals surface area contributed by atoms with Crippen molar-refractivity contribution in [1.29, 1.82) is 5.26 Å². The van der Waals surface area contributed by atoms with E-state index in [0.717, 1.165) is 29.9 Å². The summed E-state index contributed by atoms with van der Waals surface area (Å²) in [6, 6.07) is 8.13. The summed E-state index contributed by atoms with van der Waals surface area (Å²) in [7, 11) is 0. The number of carbonyl (C=O) groups excluding carboxylic acids is 1. The standard InChI is InChI=1S/C23H23F3N4O2/c24-19-9-13(16-4-6-21(31)30(11-16)12-20(25)26)1-2-14(19)7-18(10-27)29-23(32)22-15-3-5-17(8-15)28-22/h1-2,4,6,9,11,15,17-18,20,22,28H,3,5,7-8,12H2,(H,29,32). The summed E-state index contributed by atoms with van der Waals surface area (Å²) in [5, 5.41) is 15.4. The monoisotopic (exact) mass is 444 g/mol. The summed E-state index contributed by atoms with van der Waals surface area (Å²) in [6.07, 6.45) is 1.61. The van der Waals surface area contributed by atoms with E-state index in [2.05, 4.69) is 10.6 Å². The number of fused-ring (bicyclic) bond motifs is 2. The van der Waals surface area contributed by atoms with Crippen molar-refractivity contribution in [3.05, 3.63) is 58.3 Å². The Morgan fingerprint density at radius 2 is 2.03 bits per heavy atom. The molecule has 4 rings (SSSR count). The van der Waals surface area contributed by atoms with Gasteiger partial charge in [-0.05, 0) is 54.0 Å². The molecule has 1 amide bonds. The van der Waals surface area contributed by atoms with Crippen LogP contribution in [0.15, 0.2) is 41.3 Å². The third kappa shape index (κ3) is 4.70. The minimum Gasteiger partial charge on any atom is -0.339 e.